The summed E-state index contributed by atoms with van der Waals surface area (Å²) in [7, 11) is 2.26. The molecule has 0 spiro atoms. The van der Waals surface area contributed by atoms with E-state index in [1.165, 1.54) is 32.2 Å². The molecule has 0 atom stereocenters. The maximum atomic E-state index is 2.52. The van der Waals surface area contributed by atoms with E-state index in [-0.39, 0.29) is 0 Å². The highest BCUT2D eigenvalue weighted by Gasteiger charge is 2.18. The van der Waals surface area contributed by atoms with Crippen molar-refractivity contribution in [3.8, 4) is 0 Å². The third-order valence-corrected chi connectivity index (χ3v) is 3.33. The Labute approximate surface area is 86.5 Å². The van der Waals surface area contributed by atoms with Gasteiger partial charge in [0, 0.05) is 31.5 Å². The fraction of sp³-hybridized carbons (Fsp3) is 0.667. The molecule has 0 amide bonds. The van der Waals surface area contributed by atoms with Gasteiger partial charge in [0.1, 0.15) is 0 Å². The molecule has 2 nitrogen and oxygen atoms in total. The van der Waals surface area contributed by atoms with Gasteiger partial charge in [-0.3, -0.25) is 0 Å². The lowest BCUT2D eigenvalue weighted by molar-refractivity contribution is 0.236. The van der Waals surface area contributed by atoms with Crippen molar-refractivity contribution in [2.24, 2.45) is 0 Å². The van der Waals surface area contributed by atoms with Crippen LogP contribution < -0.4 is 0 Å². The van der Waals surface area contributed by atoms with Gasteiger partial charge in [0.2, 0.25) is 0 Å². The predicted molar refractivity (Wildman–Crippen MR) is 59.3 cm³/mol. The average molecular weight is 192 g/mol. The second-order valence-electron chi connectivity index (χ2n) is 4.34. The Morgan fingerprint density at radius 3 is 2.50 bits per heavy atom. The smallest absolute Gasteiger partial charge is 0.0347 e. The molecule has 1 aromatic heterocycles. The van der Waals surface area contributed by atoms with Crippen LogP contribution in [0.5, 0.6) is 0 Å². The first-order valence-corrected chi connectivity index (χ1v) is 5.67. The van der Waals surface area contributed by atoms with Crippen molar-refractivity contribution in [1.29, 1.82) is 0 Å². The van der Waals surface area contributed by atoms with Gasteiger partial charge in [-0.15, -0.1) is 0 Å². The van der Waals surface area contributed by atoms with E-state index in [9.17, 15) is 0 Å². The summed E-state index contributed by atoms with van der Waals surface area (Å²) >= 11 is 0. The van der Waals surface area contributed by atoms with Crippen molar-refractivity contribution in [3.05, 3.63) is 24.5 Å². The maximum absolute atomic E-state index is 2.52. The first-order chi connectivity index (χ1) is 6.86. The van der Waals surface area contributed by atoms with Gasteiger partial charge in [-0.1, -0.05) is 12.8 Å². The minimum absolute atomic E-state index is 0.852. The Hall–Kier alpha value is -0.760. The molecule has 0 aromatic carbocycles. The number of aromatic nitrogens is 1. The van der Waals surface area contributed by atoms with E-state index in [2.05, 4.69) is 41.0 Å². The predicted octanol–water partition coefficient (Wildman–Crippen LogP) is 2.36. The number of hydrogen-bond acceptors (Lipinski definition) is 1. The van der Waals surface area contributed by atoms with Crippen LogP contribution in [0.3, 0.4) is 0 Å². The van der Waals surface area contributed by atoms with E-state index in [4.69, 9.17) is 0 Å². The van der Waals surface area contributed by atoms with Gasteiger partial charge in [0.25, 0.3) is 0 Å². The summed E-state index contributed by atoms with van der Waals surface area (Å²) in [6.07, 6.45) is 9.95. The Morgan fingerprint density at radius 2 is 1.86 bits per heavy atom. The standard InChI is InChI=1S/C12H20N2/c1-13(12-6-2-3-7-12)10-11-14-8-4-5-9-14/h4-5,8-9,12H,2-3,6-7,10-11H2,1H3. The van der Waals surface area contributed by atoms with E-state index in [1.54, 1.807) is 0 Å². The summed E-state index contributed by atoms with van der Waals surface area (Å²) in [5.41, 5.74) is 0. The van der Waals surface area contributed by atoms with Gasteiger partial charge in [-0.05, 0) is 32.0 Å². The van der Waals surface area contributed by atoms with E-state index >= 15 is 0 Å². The molecule has 14 heavy (non-hydrogen) atoms. The van der Waals surface area contributed by atoms with Crippen LogP contribution in [0.25, 0.3) is 0 Å². The van der Waals surface area contributed by atoms with Gasteiger partial charge >= 0.3 is 0 Å². The summed E-state index contributed by atoms with van der Waals surface area (Å²) in [4.78, 5) is 2.52. The Morgan fingerprint density at radius 1 is 1.21 bits per heavy atom. The zero-order valence-corrected chi connectivity index (χ0v) is 9.02. The summed E-state index contributed by atoms with van der Waals surface area (Å²) in [6.45, 7) is 2.30. The van der Waals surface area contributed by atoms with Gasteiger partial charge < -0.3 is 9.47 Å². The molecule has 1 aliphatic carbocycles. The van der Waals surface area contributed by atoms with E-state index < -0.39 is 0 Å². The molecule has 0 bridgehead atoms. The highest BCUT2D eigenvalue weighted by Crippen LogP contribution is 2.22. The van der Waals surface area contributed by atoms with Crippen molar-refractivity contribution in [2.45, 2.75) is 38.3 Å². The minimum atomic E-state index is 0.852. The fourth-order valence-electron chi connectivity index (χ4n) is 2.32. The normalized spacial score (nSPS) is 18.1. The van der Waals surface area contributed by atoms with Gasteiger partial charge in [-0.2, -0.15) is 0 Å². The van der Waals surface area contributed by atoms with Crippen LogP contribution in [0.4, 0.5) is 0 Å². The van der Waals surface area contributed by atoms with E-state index in [1.807, 2.05) is 0 Å². The first-order valence-electron chi connectivity index (χ1n) is 5.67. The van der Waals surface area contributed by atoms with Crippen LogP contribution in [0.15, 0.2) is 24.5 Å². The molecule has 0 radical (unpaired) electrons. The number of rotatable bonds is 4. The van der Waals surface area contributed by atoms with Crippen LogP contribution in [-0.2, 0) is 6.54 Å². The maximum Gasteiger partial charge on any atom is 0.0347 e. The molecule has 0 N–H and O–H groups in total. The summed E-state index contributed by atoms with van der Waals surface area (Å²) in [5.74, 6) is 0. The van der Waals surface area contributed by atoms with Crippen molar-refractivity contribution in [1.82, 2.24) is 9.47 Å². The molecule has 78 valence electrons. The Bertz CT molecular complexity index is 247. The monoisotopic (exact) mass is 192 g/mol. The molecule has 0 unspecified atom stereocenters. The lowest BCUT2D eigenvalue weighted by atomic mass is 10.2. The zero-order chi connectivity index (χ0) is 9.80. The van der Waals surface area contributed by atoms with Crippen LogP contribution in [-0.4, -0.2) is 29.1 Å². The largest absolute Gasteiger partial charge is 0.353 e. The molecule has 1 aromatic rings. The topological polar surface area (TPSA) is 8.17 Å². The van der Waals surface area contributed by atoms with Gasteiger partial charge in [0.05, 0.1) is 0 Å². The zero-order valence-electron chi connectivity index (χ0n) is 9.02. The van der Waals surface area contributed by atoms with Crippen molar-refractivity contribution in [3.63, 3.8) is 0 Å². The molecular weight excluding hydrogens is 172 g/mol. The highest BCUT2D eigenvalue weighted by molar-refractivity contribution is 4.90. The molecule has 2 rings (SSSR count). The van der Waals surface area contributed by atoms with Crippen LogP contribution in [0.1, 0.15) is 25.7 Å². The van der Waals surface area contributed by atoms with E-state index in [0.29, 0.717) is 0 Å². The number of likely N-dealkylation sites (N-methyl/N-ethyl adjacent to an activating group) is 1. The Kier molecular flexibility index (Phi) is 3.25. The molecular formula is C12H20N2. The molecule has 0 saturated heterocycles. The number of hydrogen-bond donors (Lipinski definition) is 0. The lowest BCUT2D eigenvalue weighted by Gasteiger charge is -2.23. The third-order valence-electron chi connectivity index (χ3n) is 3.33. The highest BCUT2D eigenvalue weighted by atomic mass is 15.1. The summed E-state index contributed by atoms with van der Waals surface area (Å²) in [6, 6.07) is 5.04. The molecule has 1 fully saturated rings. The SMILES string of the molecule is CN(CCn1cccc1)C1CCCC1. The van der Waals surface area contributed by atoms with Gasteiger partial charge in [0.15, 0.2) is 0 Å². The van der Waals surface area contributed by atoms with Crippen LogP contribution >= 0.6 is 0 Å². The first kappa shape index (κ1) is 9.78. The van der Waals surface area contributed by atoms with Crippen molar-refractivity contribution < 1.29 is 0 Å². The fourth-order valence-corrected chi connectivity index (χ4v) is 2.32. The van der Waals surface area contributed by atoms with Crippen molar-refractivity contribution >= 4 is 0 Å². The molecule has 1 heterocycles. The summed E-state index contributed by atoms with van der Waals surface area (Å²) < 4.78 is 2.26. The van der Waals surface area contributed by atoms with Crippen LogP contribution in [0.2, 0.25) is 0 Å². The lowest BCUT2D eigenvalue weighted by Crippen LogP contribution is -2.31. The quantitative estimate of drug-likeness (QED) is 0.711. The third kappa shape index (κ3) is 2.38. The second kappa shape index (κ2) is 4.65. The summed E-state index contributed by atoms with van der Waals surface area (Å²) in [5, 5.41) is 0. The molecule has 1 aliphatic rings. The van der Waals surface area contributed by atoms with Gasteiger partial charge in [-0.25, -0.2) is 0 Å². The Balaban J connectivity index is 1.74. The second-order valence-corrected chi connectivity index (χ2v) is 4.34. The van der Waals surface area contributed by atoms with E-state index in [0.717, 1.165) is 12.6 Å². The minimum Gasteiger partial charge on any atom is -0.353 e. The molecule has 1 saturated carbocycles. The number of nitrogens with zero attached hydrogens (tertiary/aromatic N) is 2. The molecule has 2 heteroatoms. The average Bonchev–Trinajstić information content (AvgIpc) is 2.87. The van der Waals surface area contributed by atoms with Crippen molar-refractivity contribution in [2.75, 3.05) is 13.6 Å². The van der Waals surface area contributed by atoms with Crippen LogP contribution in [0, 0.1) is 0 Å². The molecule has 0 aliphatic heterocycles.